The van der Waals surface area contributed by atoms with Crippen LogP contribution in [0.25, 0.3) is 11.3 Å². The lowest BCUT2D eigenvalue weighted by molar-refractivity contribution is -0.118. The lowest BCUT2D eigenvalue weighted by Crippen LogP contribution is -2.24. The quantitative estimate of drug-likeness (QED) is 0.557. The molecule has 0 unspecified atom stereocenters. The molecule has 1 aromatic heterocycles. The highest BCUT2D eigenvalue weighted by atomic mass is 32.2. The number of carbonyl (C=O) groups is 1. The summed E-state index contributed by atoms with van der Waals surface area (Å²) in [7, 11) is 0. The number of ether oxygens (including phenoxy) is 1. The van der Waals surface area contributed by atoms with Gasteiger partial charge in [0, 0.05) is 12.1 Å². The Morgan fingerprint density at radius 2 is 1.86 bits per heavy atom. The van der Waals surface area contributed by atoms with Crippen molar-refractivity contribution in [1.82, 2.24) is 10.3 Å². The third-order valence-corrected chi connectivity index (χ3v) is 4.42. The maximum Gasteiger partial charge on any atom is 0.387 e. The minimum absolute atomic E-state index is 0.0569. The number of thioether (sulfide) groups is 1. The zero-order valence-electron chi connectivity index (χ0n) is 14.4. The van der Waals surface area contributed by atoms with Crippen LogP contribution in [0.2, 0.25) is 0 Å². The highest BCUT2D eigenvalue weighted by Crippen LogP contribution is 2.25. The molecule has 3 rings (SSSR count). The van der Waals surface area contributed by atoms with Crippen LogP contribution >= 0.6 is 11.8 Å². The maximum absolute atomic E-state index is 13.0. The first-order chi connectivity index (χ1) is 13.5. The van der Waals surface area contributed by atoms with Crippen molar-refractivity contribution < 1.29 is 27.1 Å². The monoisotopic (exact) mass is 408 g/mol. The van der Waals surface area contributed by atoms with Crippen molar-refractivity contribution in [3.8, 4) is 17.1 Å². The molecule has 9 heteroatoms. The smallest absolute Gasteiger partial charge is 0.387 e. The van der Waals surface area contributed by atoms with Crippen molar-refractivity contribution in [2.24, 2.45) is 0 Å². The molecule has 0 aliphatic rings. The fourth-order valence-electron chi connectivity index (χ4n) is 2.24. The summed E-state index contributed by atoms with van der Waals surface area (Å²) in [6, 6.07) is 11.8. The zero-order chi connectivity index (χ0) is 19.9. The zero-order valence-corrected chi connectivity index (χ0v) is 15.2. The molecule has 0 radical (unpaired) electrons. The summed E-state index contributed by atoms with van der Waals surface area (Å²) < 4.78 is 47.0. The highest BCUT2D eigenvalue weighted by molar-refractivity contribution is 7.99. The van der Waals surface area contributed by atoms with Crippen molar-refractivity contribution in [1.29, 1.82) is 0 Å². The molecule has 5 nitrogen and oxygen atoms in total. The van der Waals surface area contributed by atoms with E-state index in [4.69, 9.17) is 4.42 Å². The van der Waals surface area contributed by atoms with Crippen molar-refractivity contribution in [3.05, 3.63) is 66.1 Å². The van der Waals surface area contributed by atoms with Crippen LogP contribution in [-0.4, -0.2) is 23.3 Å². The van der Waals surface area contributed by atoms with Gasteiger partial charge in [0.05, 0.1) is 11.9 Å². The summed E-state index contributed by atoms with van der Waals surface area (Å²) in [5.74, 6) is 0.0521. The molecule has 0 fully saturated rings. The van der Waals surface area contributed by atoms with E-state index in [1.165, 1.54) is 30.5 Å². The molecule has 146 valence electrons. The Balaban J connectivity index is 1.45. The minimum Gasteiger partial charge on any atom is -0.435 e. The van der Waals surface area contributed by atoms with Gasteiger partial charge in [-0.05, 0) is 42.0 Å². The molecule has 0 bridgehead atoms. The van der Waals surface area contributed by atoms with E-state index >= 15 is 0 Å². The second-order valence-corrected chi connectivity index (χ2v) is 6.51. The molecular weight excluding hydrogens is 393 g/mol. The van der Waals surface area contributed by atoms with Crippen molar-refractivity contribution in [3.63, 3.8) is 0 Å². The van der Waals surface area contributed by atoms with Gasteiger partial charge in [0.25, 0.3) is 5.22 Å². The molecule has 2 aromatic carbocycles. The lowest BCUT2D eigenvalue weighted by Gasteiger charge is -2.07. The van der Waals surface area contributed by atoms with E-state index in [0.29, 0.717) is 16.5 Å². The largest absolute Gasteiger partial charge is 0.435 e. The Morgan fingerprint density at radius 1 is 1.14 bits per heavy atom. The van der Waals surface area contributed by atoms with E-state index in [1.54, 1.807) is 24.3 Å². The topological polar surface area (TPSA) is 64.4 Å². The third-order valence-electron chi connectivity index (χ3n) is 3.58. The van der Waals surface area contributed by atoms with E-state index < -0.39 is 6.61 Å². The van der Waals surface area contributed by atoms with Crippen molar-refractivity contribution in [2.75, 3.05) is 5.75 Å². The van der Waals surface area contributed by atoms with Crippen LogP contribution in [0.15, 0.2) is 64.4 Å². The van der Waals surface area contributed by atoms with Gasteiger partial charge in [-0.25, -0.2) is 9.37 Å². The first-order valence-electron chi connectivity index (χ1n) is 8.14. The van der Waals surface area contributed by atoms with Crippen molar-refractivity contribution in [2.45, 2.75) is 18.4 Å². The lowest BCUT2D eigenvalue weighted by atomic mass is 10.2. The fraction of sp³-hybridized carbons (Fsp3) is 0.158. The van der Waals surface area contributed by atoms with Gasteiger partial charge in [-0.2, -0.15) is 8.78 Å². The van der Waals surface area contributed by atoms with Crippen LogP contribution in [0.1, 0.15) is 5.56 Å². The van der Waals surface area contributed by atoms with Crippen LogP contribution in [0.5, 0.6) is 5.75 Å². The second kappa shape index (κ2) is 9.32. The van der Waals surface area contributed by atoms with Gasteiger partial charge in [-0.3, -0.25) is 4.79 Å². The van der Waals surface area contributed by atoms with Crippen LogP contribution in [0, 0.1) is 5.82 Å². The second-order valence-electron chi connectivity index (χ2n) is 5.59. The molecule has 0 aliphatic heterocycles. The predicted molar refractivity (Wildman–Crippen MR) is 97.5 cm³/mol. The normalized spacial score (nSPS) is 10.9. The van der Waals surface area contributed by atoms with Crippen LogP contribution in [0.3, 0.4) is 0 Å². The average Bonchev–Trinajstić information content (AvgIpc) is 3.15. The molecule has 1 N–H and O–H groups in total. The van der Waals surface area contributed by atoms with Crippen LogP contribution < -0.4 is 10.1 Å². The van der Waals surface area contributed by atoms with E-state index in [9.17, 15) is 18.0 Å². The molecule has 0 aliphatic carbocycles. The molecule has 0 saturated heterocycles. The molecule has 3 aromatic rings. The molecule has 0 saturated carbocycles. The molecule has 1 amide bonds. The number of aromatic nitrogens is 1. The van der Waals surface area contributed by atoms with Crippen molar-refractivity contribution >= 4 is 17.7 Å². The predicted octanol–water partition coefficient (Wildman–Crippen LogP) is 4.49. The number of rotatable bonds is 8. The summed E-state index contributed by atoms with van der Waals surface area (Å²) in [6.45, 7) is -2.62. The van der Waals surface area contributed by atoms with E-state index in [0.717, 1.165) is 17.3 Å². The number of halogens is 3. The van der Waals surface area contributed by atoms with Gasteiger partial charge in [0.1, 0.15) is 11.6 Å². The van der Waals surface area contributed by atoms with Gasteiger partial charge in [-0.1, -0.05) is 23.9 Å². The Bertz CT molecular complexity index is 915. The first kappa shape index (κ1) is 19.8. The van der Waals surface area contributed by atoms with E-state index in [2.05, 4.69) is 15.0 Å². The number of hydrogen-bond acceptors (Lipinski definition) is 5. The number of oxazole rings is 1. The Kier molecular flexibility index (Phi) is 6.59. The van der Waals surface area contributed by atoms with E-state index in [-0.39, 0.29) is 29.8 Å². The number of amides is 1. The summed E-state index contributed by atoms with van der Waals surface area (Å²) in [4.78, 5) is 16.0. The molecule has 1 heterocycles. The number of alkyl halides is 2. The Hall–Kier alpha value is -2.94. The summed E-state index contributed by atoms with van der Waals surface area (Å²) in [5, 5.41) is 3.04. The Morgan fingerprint density at radius 3 is 2.54 bits per heavy atom. The van der Waals surface area contributed by atoms with Gasteiger partial charge in [-0.15, -0.1) is 0 Å². The fourth-order valence-corrected chi connectivity index (χ4v) is 2.87. The van der Waals surface area contributed by atoms with Gasteiger partial charge in [0.2, 0.25) is 5.91 Å². The molecule has 28 heavy (non-hydrogen) atoms. The number of hydrogen-bond donors (Lipinski definition) is 1. The first-order valence-corrected chi connectivity index (χ1v) is 9.13. The van der Waals surface area contributed by atoms with E-state index in [1.807, 2.05) is 0 Å². The van der Waals surface area contributed by atoms with Gasteiger partial charge < -0.3 is 14.5 Å². The minimum atomic E-state index is -2.87. The third kappa shape index (κ3) is 5.78. The summed E-state index contributed by atoms with van der Waals surface area (Å²) in [6.07, 6.45) is 1.51. The van der Waals surface area contributed by atoms with Gasteiger partial charge >= 0.3 is 6.61 Å². The highest BCUT2D eigenvalue weighted by Gasteiger charge is 2.10. The van der Waals surface area contributed by atoms with Gasteiger partial charge in [0.15, 0.2) is 5.76 Å². The SMILES string of the molecule is O=C(CSc1ncc(-c2ccc(F)cc2)o1)NCc1ccc(OC(F)F)cc1. The maximum atomic E-state index is 13.0. The number of nitrogens with zero attached hydrogens (tertiary/aromatic N) is 1. The summed E-state index contributed by atoms with van der Waals surface area (Å²) >= 11 is 1.12. The Labute approximate surface area is 162 Å². The van der Waals surface area contributed by atoms with Crippen LogP contribution in [-0.2, 0) is 11.3 Å². The standard InChI is InChI=1S/C19H15F3N2O3S/c20-14-5-3-13(4-6-14)16-10-24-19(27-16)28-11-17(25)23-9-12-1-7-15(8-2-12)26-18(21)22/h1-8,10,18H,9,11H2,(H,23,25). The molecule has 0 atom stereocenters. The average molecular weight is 408 g/mol. The summed E-state index contributed by atoms with van der Waals surface area (Å²) in [5.41, 5.74) is 1.43. The van der Waals surface area contributed by atoms with Crippen LogP contribution in [0.4, 0.5) is 13.2 Å². The molecular formula is C19H15F3N2O3S. The molecule has 0 spiro atoms. The number of carbonyl (C=O) groups excluding carboxylic acids is 1. The number of nitrogens with one attached hydrogen (secondary N) is 1. The number of benzene rings is 2.